The molecule has 2 aliphatic rings. The first-order chi connectivity index (χ1) is 13.5. The Kier molecular flexibility index (Phi) is 6.34. The molecule has 4 amide bonds. The van der Waals surface area contributed by atoms with Crippen LogP contribution >= 0.6 is 0 Å². The number of nitrogens with two attached hydrogens (primary N) is 1. The molecular formula is C21H30N4O3. The van der Waals surface area contributed by atoms with Gasteiger partial charge in [0.2, 0.25) is 5.91 Å². The summed E-state index contributed by atoms with van der Waals surface area (Å²) < 4.78 is 0. The summed E-state index contributed by atoms with van der Waals surface area (Å²) in [4.78, 5) is 43.3. The molecule has 2 N–H and O–H groups in total. The summed E-state index contributed by atoms with van der Waals surface area (Å²) in [5, 5.41) is 0. The van der Waals surface area contributed by atoms with Crippen LogP contribution in [0.3, 0.4) is 0 Å². The van der Waals surface area contributed by atoms with Crippen LogP contribution in [0.4, 0.5) is 4.79 Å². The van der Waals surface area contributed by atoms with Crippen LogP contribution in [0.5, 0.6) is 0 Å². The average Bonchev–Trinajstić information content (AvgIpc) is 2.88. The highest BCUT2D eigenvalue weighted by atomic mass is 16.2. The molecule has 7 nitrogen and oxygen atoms in total. The zero-order valence-corrected chi connectivity index (χ0v) is 16.6. The smallest absolute Gasteiger partial charge is 0.327 e. The van der Waals surface area contributed by atoms with Gasteiger partial charge in [0, 0.05) is 20.1 Å². The fourth-order valence-corrected chi connectivity index (χ4v) is 4.28. The quantitative estimate of drug-likeness (QED) is 0.726. The van der Waals surface area contributed by atoms with Crippen LogP contribution in [-0.2, 0) is 16.1 Å². The summed E-state index contributed by atoms with van der Waals surface area (Å²) >= 11 is 0. The number of likely N-dealkylation sites (N-methyl/N-ethyl adjacent to an activating group) is 1. The van der Waals surface area contributed by atoms with Crippen LogP contribution in [-0.4, -0.2) is 64.8 Å². The fraction of sp³-hybridized carbons (Fsp3) is 0.571. The van der Waals surface area contributed by atoms with Gasteiger partial charge in [-0.2, -0.15) is 0 Å². The van der Waals surface area contributed by atoms with E-state index in [-0.39, 0.29) is 24.4 Å². The topological polar surface area (TPSA) is 87.0 Å². The molecule has 2 fully saturated rings. The highest BCUT2D eigenvalue weighted by Gasteiger charge is 2.55. The molecule has 0 atom stereocenters. The first-order valence-corrected chi connectivity index (χ1v) is 10.1. The number of rotatable bonds is 7. The Morgan fingerprint density at radius 1 is 1.14 bits per heavy atom. The standard InChI is InChI=1S/C21H30N4O3/c1-23-20(28)25(19(27)21(23)11-6-3-7-12-21)16-18(26)24(14-8-13-22)15-17-9-4-2-5-10-17/h2,4-5,9-10H,3,6-8,11-16,22H2,1H3. The molecule has 1 aliphatic carbocycles. The second-order valence-electron chi connectivity index (χ2n) is 7.77. The molecule has 1 spiro atoms. The number of hydrogen-bond donors (Lipinski definition) is 1. The number of carbonyl (C=O) groups excluding carboxylic acids is 3. The van der Waals surface area contributed by atoms with Gasteiger partial charge in [-0.3, -0.25) is 14.5 Å². The van der Waals surface area contributed by atoms with Gasteiger partial charge in [0.05, 0.1) is 0 Å². The first-order valence-electron chi connectivity index (χ1n) is 10.1. The van der Waals surface area contributed by atoms with Crippen molar-refractivity contribution in [3.8, 4) is 0 Å². The van der Waals surface area contributed by atoms with E-state index >= 15 is 0 Å². The minimum atomic E-state index is -0.753. The number of nitrogens with zero attached hydrogens (tertiary/aromatic N) is 3. The van der Waals surface area contributed by atoms with Gasteiger partial charge in [-0.05, 0) is 31.4 Å². The van der Waals surface area contributed by atoms with E-state index in [2.05, 4.69) is 0 Å². The second-order valence-corrected chi connectivity index (χ2v) is 7.77. The van der Waals surface area contributed by atoms with Crippen LogP contribution < -0.4 is 5.73 Å². The number of carbonyl (C=O) groups is 3. The van der Waals surface area contributed by atoms with Crippen LogP contribution in [0.1, 0.15) is 44.1 Å². The summed E-state index contributed by atoms with van der Waals surface area (Å²) in [5.41, 5.74) is 5.88. The lowest BCUT2D eigenvalue weighted by Gasteiger charge is -2.35. The van der Waals surface area contributed by atoms with E-state index in [1.54, 1.807) is 16.8 Å². The summed E-state index contributed by atoms with van der Waals surface area (Å²) in [5.74, 6) is -0.438. The van der Waals surface area contributed by atoms with Crippen molar-refractivity contribution in [2.24, 2.45) is 5.73 Å². The van der Waals surface area contributed by atoms with E-state index in [0.29, 0.717) is 38.9 Å². The number of hydrogen-bond acceptors (Lipinski definition) is 4. The number of benzene rings is 1. The minimum absolute atomic E-state index is 0.207. The molecule has 1 heterocycles. The van der Waals surface area contributed by atoms with Gasteiger partial charge >= 0.3 is 6.03 Å². The van der Waals surface area contributed by atoms with E-state index in [1.165, 1.54) is 0 Å². The van der Waals surface area contributed by atoms with Crippen molar-refractivity contribution >= 4 is 17.8 Å². The molecule has 0 unspecified atom stereocenters. The third kappa shape index (κ3) is 3.90. The maximum Gasteiger partial charge on any atom is 0.327 e. The number of imide groups is 1. The van der Waals surface area contributed by atoms with Gasteiger partial charge < -0.3 is 15.5 Å². The summed E-state index contributed by atoms with van der Waals surface area (Å²) in [6, 6.07) is 9.33. The maximum atomic E-state index is 13.1. The molecule has 7 heteroatoms. The van der Waals surface area contributed by atoms with Crippen molar-refractivity contribution in [1.29, 1.82) is 0 Å². The van der Waals surface area contributed by atoms with E-state index < -0.39 is 5.54 Å². The fourth-order valence-electron chi connectivity index (χ4n) is 4.28. The lowest BCUT2D eigenvalue weighted by molar-refractivity contribution is -0.140. The van der Waals surface area contributed by atoms with Gasteiger partial charge in [-0.25, -0.2) is 4.79 Å². The summed E-state index contributed by atoms with van der Waals surface area (Å²) in [6.45, 7) is 1.21. The molecule has 152 valence electrons. The van der Waals surface area contributed by atoms with E-state index in [4.69, 9.17) is 5.73 Å². The van der Waals surface area contributed by atoms with Gasteiger partial charge in [0.15, 0.2) is 0 Å². The predicted octanol–water partition coefficient (Wildman–Crippen LogP) is 1.96. The largest absolute Gasteiger partial charge is 0.337 e. The molecule has 0 radical (unpaired) electrons. The van der Waals surface area contributed by atoms with E-state index in [9.17, 15) is 14.4 Å². The predicted molar refractivity (Wildman–Crippen MR) is 106 cm³/mol. The molecular weight excluding hydrogens is 356 g/mol. The van der Waals surface area contributed by atoms with Crippen molar-refractivity contribution in [3.63, 3.8) is 0 Å². The van der Waals surface area contributed by atoms with Crippen molar-refractivity contribution < 1.29 is 14.4 Å². The monoisotopic (exact) mass is 386 g/mol. The molecule has 1 aromatic rings. The third-order valence-electron chi connectivity index (χ3n) is 5.98. The Hall–Kier alpha value is -2.41. The Balaban J connectivity index is 1.73. The molecule has 0 aromatic heterocycles. The minimum Gasteiger partial charge on any atom is -0.337 e. The highest BCUT2D eigenvalue weighted by Crippen LogP contribution is 2.39. The van der Waals surface area contributed by atoms with Crippen molar-refractivity contribution in [3.05, 3.63) is 35.9 Å². The number of amides is 4. The Bertz CT molecular complexity index is 716. The lowest BCUT2D eigenvalue weighted by Crippen LogP contribution is -2.49. The molecule has 28 heavy (non-hydrogen) atoms. The summed E-state index contributed by atoms with van der Waals surface area (Å²) in [6.07, 6.45) is 4.98. The zero-order valence-electron chi connectivity index (χ0n) is 16.6. The van der Waals surface area contributed by atoms with Crippen LogP contribution in [0.25, 0.3) is 0 Å². The van der Waals surface area contributed by atoms with Crippen molar-refractivity contribution in [2.75, 3.05) is 26.7 Å². The van der Waals surface area contributed by atoms with Crippen molar-refractivity contribution in [1.82, 2.24) is 14.7 Å². The Labute approximate surface area is 166 Å². The molecule has 1 saturated carbocycles. The SMILES string of the molecule is CN1C(=O)N(CC(=O)N(CCCN)Cc2ccccc2)C(=O)C12CCCCC2. The Morgan fingerprint density at radius 2 is 1.82 bits per heavy atom. The van der Waals surface area contributed by atoms with E-state index in [1.807, 2.05) is 30.3 Å². The molecule has 1 aromatic carbocycles. The molecule has 0 bridgehead atoms. The number of urea groups is 1. The van der Waals surface area contributed by atoms with Crippen LogP contribution in [0.15, 0.2) is 30.3 Å². The van der Waals surface area contributed by atoms with Crippen LogP contribution in [0.2, 0.25) is 0 Å². The lowest BCUT2D eigenvalue weighted by atomic mass is 9.81. The molecule has 1 saturated heterocycles. The third-order valence-corrected chi connectivity index (χ3v) is 5.98. The Morgan fingerprint density at radius 3 is 2.46 bits per heavy atom. The maximum absolute atomic E-state index is 13.1. The molecule has 3 rings (SSSR count). The normalized spacial score (nSPS) is 18.8. The van der Waals surface area contributed by atoms with E-state index in [0.717, 1.165) is 29.7 Å². The molecule has 1 aliphatic heterocycles. The van der Waals surface area contributed by atoms with Crippen LogP contribution in [0, 0.1) is 0 Å². The zero-order chi connectivity index (χ0) is 20.1. The second kappa shape index (κ2) is 8.73. The average molecular weight is 386 g/mol. The van der Waals surface area contributed by atoms with Gasteiger partial charge in [-0.15, -0.1) is 0 Å². The highest BCUT2D eigenvalue weighted by molar-refractivity contribution is 6.08. The summed E-state index contributed by atoms with van der Waals surface area (Å²) in [7, 11) is 1.69. The van der Waals surface area contributed by atoms with Gasteiger partial charge in [-0.1, -0.05) is 49.6 Å². The van der Waals surface area contributed by atoms with Gasteiger partial charge in [0.1, 0.15) is 12.1 Å². The van der Waals surface area contributed by atoms with Crippen molar-refractivity contribution in [2.45, 2.75) is 50.6 Å². The first kappa shape index (κ1) is 20.3. The van der Waals surface area contributed by atoms with Gasteiger partial charge in [0.25, 0.3) is 5.91 Å².